The highest BCUT2D eigenvalue weighted by atomic mass is 16.5. The van der Waals surface area contributed by atoms with Crippen molar-refractivity contribution < 1.29 is 9.53 Å². The minimum absolute atomic E-state index is 0.0288. The van der Waals surface area contributed by atoms with Crippen LogP contribution in [0.4, 0.5) is 0 Å². The molecule has 0 saturated carbocycles. The second-order valence-electron chi connectivity index (χ2n) is 5.05. The van der Waals surface area contributed by atoms with Gasteiger partial charge in [0.2, 0.25) is 0 Å². The van der Waals surface area contributed by atoms with Gasteiger partial charge in [0.1, 0.15) is 5.75 Å². The number of allylic oxidation sites excluding steroid dienone is 1. The number of carbonyl (C=O) groups excluding carboxylic acids is 1. The average Bonchev–Trinajstić information content (AvgIpc) is 2.73. The van der Waals surface area contributed by atoms with Crippen molar-refractivity contribution in [2.45, 2.75) is 27.2 Å². The molecule has 0 saturated heterocycles. The minimum atomic E-state index is -0.174. The van der Waals surface area contributed by atoms with Crippen LogP contribution < -0.4 is 4.74 Å². The highest BCUT2D eigenvalue weighted by molar-refractivity contribution is 5.80. The minimum Gasteiger partial charge on any atom is -0.484 e. The van der Waals surface area contributed by atoms with Crippen molar-refractivity contribution in [2.24, 2.45) is 0 Å². The summed E-state index contributed by atoms with van der Waals surface area (Å²) in [5.74, 6) is 0.517. The van der Waals surface area contributed by atoms with Crippen LogP contribution >= 0.6 is 0 Å². The van der Waals surface area contributed by atoms with Gasteiger partial charge in [-0.15, -0.1) is 6.58 Å². The van der Waals surface area contributed by atoms with Crippen LogP contribution in [-0.4, -0.2) is 22.3 Å². The molecule has 4 heteroatoms. The summed E-state index contributed by atoms with van der Waals surface area (Å²) in [6.07, 6.45) is 2.53. The molecular weight excluding hydrogens is 264 g/mol. The van der Waals surface area contributed by atoms with Crippen molar-refractivity contribution in [2.75, 3.05) is 6.61 Å². The van der Waals surface area contributed by atoms with Gasteiger partial charge in [-0.25, -0.2) is 4.68 Å². The van der Waals surface area contributed by atoms with Crippen LogP contribution in [0, 0.1) is 20.8 Å². The van der Waals surface area contributed by atoms with Crippen molar-refractivity contribution in [3.8, 4) is 5.75 Å². The van der Waals surface area contributed by atoms with Crippen molar-refractivity contribution in [1.82, 2.24) is 9.78 Å². The Labute approximate surface area is 125 Å². The van der Waals surface area contributed by atoms with E-state index in [9.17, 15) is 4.79 Å². The Hall–Kier alpha value is -2.36. The summed E-state index contributed by atoms with van der Waals surface area (Å²) in [5, 5.41) is 4.30. The Balaban J connectivity index is 2.10. The van der Waals surface area contributed by atoms with Crippen LogP contribution in [-0.2, 0) is 6.42 Å². The Kier molecular flexibility index (Phi) is 4.58. The van der Waals surface area contributed by atoms with E-state index in [0.29, 0.717) is 12.2 Å². The summed E-state index contributed by atoms with van der Waals surface area (Å²) in [7, 11) is 0. The summed E-state index contributed by atoms with van der Waals surface area (Å²) in [6, 6.07) is 7.63. The number of aromatic nitrogens is 2. The number of rotatable bonds is 5. The van der Waals surface area contributed by atoms with E-state index >= 15 is 0 Å². The molecule has 0 spiro atoms. The molecule has 0 fully saturated rings. The summed E-state index contributed by atoms with van der Waals surface area (Å²) >= 11 is 0. The van der Waals surface area contributed by atoms with Crippen molar-refractivity contribution in [3.05, 3.63) is 59.4 Å². The molecular formula is C17H20N2O2. The quantitative estimate of drug-likeness (QED) is 0.792. The first-order valence-corrected chi connectivity index (χ1v) is 6.91. The van der Waals surface area contributed by atoms with Gasteiger partial charge in [-0.3, -0.25) is 4.79 Å². The van der Waals surface area contributed by atoms with Crippen molar-refractivity contribution in [1.29, 1.82) is 0 Å². The maximum absolute atomic E-state index is 12.2. The van der Waals surface area contributed by atoms with E-state index in [1.165, 1.54) is 4.68 Å². The summed E-state index contributed by atoms with van der Waals surface area (Å²) in [4.78, 5) is 12.2. The van der Waals surface area contributed by atoms with Gasteiger partial charge in [0.25, 0.3) is 5.91 Å². The third-order valence-electron chi connectivity index (χ3n) is 3.38. The SMILES string of the molecule is C=CCc1c(C)nn(C(=O)COc2cccc(C)c2)c1C. The maximum Gasteiger partial charge on any atom is 0.284 e. The van der Waals surface area contributed by atoms with Crippen LogP contribution in [0.2, 0.25) is 0 Å². The van der Waals surface area contributed by atoms with E-state index < -0.39 is 0 Å². The molecule has 0 N–H and O–H groups in total. The molecule has 1 heterocycles. The van der Waals surface area contributed by atoms with E-state index in [1.54, 1.807) is 0 Å². The molecule has 4 nitrogen and oxygen atoms in total. The lowest BCUT2D eigenvalue weighted by Crippen LogP contribution is -2.21. The molecule has 110 valence electrons. The molecule has 1 aromatic carbocycles. The van der Waals surface area contributed by atoms with Gasteiger partial charge >= 0.3 is 0 Å². The molecule has 2 aromatic rings. The second-order valence-corrected chi connectivity index (χ2v) is 5.05. The number of aryl methyl sites for hydroxylation is 2. The smallest absolute Gasteiger partial charge is 0.284 e. The Morgan fingerprint density at radius 3 is 2.81 bits per heavy atom. The van der Waals surface area contributed by atoms with E-state index in [1.807, 2.05) is 51.1 Å². The Morgan fingerprint density at radius 1 is 1.38 bits per heavy atom. The number of benzene rings is 1. The van der Waals surface area contributed by atoms with Crippen LogP contribution in [0.1, 0.15) is 27.3 Å². The largest absolute Gasteiger partial charge is 0.484 e. The number of hydrogen-bond donors (Lipinski definition) is 0. The maximum atomic E-state index is 12.2. The third-order valence-corrected chi connectivity index (χ3v) is 3.38. The summed E-state index contributed by atoms with van der Waals surface area (Å²) in [6.45, 7) is 9.48. The fourth-order valence-corrected chi connectivity index (χ4v) is 2.27. The normalized spacial score (nSPS) is 10.4. The molecule has 0 bridgehead atoms. The highest BCUT2D eigenvalue weighted by Crippen LogP contribution is 2.15. The van der Waals surface area contributed by atoms with Gasteiger partial charge in [-0.2, -0.15) is 5.10 Å². The fraction of sp³-hybridized carbons (Fsp3) is 0.294. The summed E-state index contributed by atoms with van der Waals surface area (Å²) < 4.78 is 6.96. The molecule has 0 aliphatic carbocycles. The molecule has 0 amide bonds. The van der Waals surface area contributed by atoms with Crippen molar-refractivity contribution in [3.63, 3.8) is 0 Å². The average molecular weight is 284 g/mol. The highest BCUT2D eigenvalue weighted by Gasteiger charge is 2.16. The molecule has 1 aromatic heterocycles. The van der Waals surface area contributed by atoms with Crippen LogP contribution in [0.5, 0.6) is 5.75 Å². The van der Waals surface area contributed by atoms with Crippen LogP contribution in [0.15, 0.2) is 36.9 Å². The number of nitrogens with zero attached hydrogens (tertiary/aromatic N) is 2. The topological polar surface area (TPSA) is 44.1 Å². The fourth-order valence-electron chi connectivity index (χ4n) is 2.27. The zero-order valence-electron chi connectivity index (χ0n) is 12.7. The zero-order chi connectivity index (χ0) is 15.4. The molecule has 21 heavy (non-hydrogen) atoms. The van der Waals surface area contributed by atoms with Gasteiger partial charge in [0.05, 0.1) is 5.69 Å². The van der Waals surface area contributed by atoms with E-state index in [4.69, 9.17) is 4.74 Å². The molecule has 0 radical (unpaired) electrons. The van der Waals surface area contributed by atoms with Gasteiger partial charge < -0.3 is 4.74 Å². The first-order chi connectivity index (χ1) is 10.0. The molecule has 0 unspecified atom stereocenters. The van der Waals surface area contributed by atoms with E-state index in [2.05, 4.69) is 11.7 Å². The molecule has 0 aliphatic rings. The van der Waals surface area contributed by atoms with Gasteiger partial charge in [0, 0.05) is 11.3 Å². The van der Waals surface area contributed by atoms with Crippen molar-refractivity contribution >= 4 is 5.91 Å². The standard InChI is InChI=1S/C17H20N2O2/c1-5-7-16-13(3)18-19(14(16)4)17(20)11-21-15-9-6-8-12(2)10-15/h5-6,8-10H,1,7,11H2,2-4H3. The first-order valence-electron chi connectivity index (χ1n) is 6.91. The Bertz CT molecular complexity index is 671. The second kappa shape index (κ2) is 6.39. The van der Waals surface area contributed by atoms with Crippen LogP contribution in [0.25, 0.3) is 0 Å². The summed E-state index contributed by atoms with van der Waals surface area (Å²) in [5.41, 5.74) is 3.86. The third kappa shape index (κ3) is 3.40. The molecule has 0 aliphatic heterocycles. The van der Waals surface area contributed by atoms with Crippen LogP contribution in [0.3, 0.4) is 0 Å². The number of hydrogen-bond acceptors (Lipinski definition) is 3. The monoisotopic (exact) mass is 284 g/mol. The first kappa shape index (κ1) is 15.0. The van der Waals surface area contributed by atoms with Gasteiger partial charge in [-0.1, -0.05) is 18.2 Å². The van der Waals surface area contributed by atoms with E-state index in [-0.39, 0.29) is 12.5 Å². The lowest BCUT2D eigenvalue weighted by molar-refractivity contribution is 0.0818. The predicted octanol–water partition coefficient (Wildman–Crippen LogP) is 3.26. The van der Waals surface area contributed by atoms with Gasteiger partial charge in [0.15, 0.2) is 6.61 Å². The van der Waals surface area contributed by atoms with Gasteiger partial charge in [-0.05, 0) is 44.9 Å². The Morgan fingerprint density at radius 2 is 2.14 bits per heavy atom. The lowest BCUT2D eigenvalue weighted by Gasteiger charge is -2.07. The molecule has 0 atom stereocenters. The number of carbonyl (C=O) groups is 1. The predicted molar refractivity (Wildman–Crippen MR) is 82.9 cm³/mol. The molecule has 2 rings (SSSR count). The number of ether oxygens (including phenoxy) is 1. The van der Waals surface area contributed by atoms with E-state index in [0.717, 1.165) is 22.5 Å². The zero-order valence-corrected chi connectivity index (χ0v) is 12.7. The lowest BCUT2D eigenvalue weighted by atomic mass is 10.1.